The van der Waals surface area contributed by atoms with Gasteiger partial charge in [0.15, 0.2) is 0 Å². The van der Waals surface area contributed by atoms with Crippen LogP contribution in [0.4, 0.5) is 5.69 Å². The second-order valence-corrected chi connectivity index (χ2v) is 13.2. The Kier molecular flexibility index (Phi) is 11.1. The first-order valence-corrected chi connectivity index (χ1v) is 15.7. The molecule has 214 valence electrons. The maximum Gasteiger partial charge on any atom is 0.264 e. The topological polar surface area (TPSA) is 86.8 Å². The van der Waals surface area contributed by atoms with Crippen molar-refractivity contribution >= 4 is 66.7 Å². The second-order valence-electron chi connectivity index (χ2n) is 9.57. The third-order valence-electron chi connectivity index (χ3n) is 6.49. The molecule has 0 fully saturated rings. The number of anilines is 1. The van der Waals surface area contributed by atoms with Crippen molar-refractivity contribution < 1.29 is 18.0 Å². The summed E-state index contributed by atoms with van der Waals surface area (Å²) in [7, 11) is -4.14. The SMILES string of the molecule is CCC(C)NC(=O)C(C)N(Cc1ccc(Cl)c(Cl)c1)C(=O)CN(c1cccc(Br)c1)S(=O)(=O)c1ccc(C)cc1. The third-order valence-corrected chi connectivity index (χ3v) is 9.51. The molecule has 0 aromatic heterocycles. The van der Waals surface area contributed by atoms with E-state index in [-0.39, 0.29) is 23.4 Å². The van der Waals surface area contributed by atoms with Crippen LogP contribution in [0.15, 0.2) is 76.1 Å². The fourth-order valence-electron chi connectivity index (χ4n) is 3.88. The van der Waals surface area contributed by atoms with Crippen LogP contribution in [0.5, 0.6) is 0 Å². The van der Waals surface area contributed by atoms with Crippen molar-refractivity contribution in [1.29, 1.82) is 0 Å². The van der Waals surface area contributed by atoms with E-state index < -0.39 is 28.5 Å². The zero-order valence-corrected chi connectivity index (χ0v) is 26.6. The van der Waals surface area contributed by atoms with E-state index in [1.54, 1.807) is 61.5 Å². The molecule has 3 rings (SSSR count). The number of carbonyl (C=O) groups excluding carboxylic acids is 2. The van der Waals surface area contributed by atoms with Gasteiger partial charge in [0.2, 0.25) is 11.8 Å². The van der Waals surface area contributed by atoms with Crippen molar-refractivity contribution in [2.24, 2.45) is 0 Å². The largest absolute Gasteiger partial charge is 0.352 e. The number of nitrogens with zero attached hydrogens (tertiary/aromatic N) is 2. The molecule has 2 amide bonds. The fraction of sp³-hybridized carbons (Fsp3) is 0.310. The Labute approximate surface area is 254 Å². The lowest BCUT2D eigenvalue weighted by atomic mass is 10.1. The van der Waals surface area contributed by atoms with Crippen LogP contribution < -0.4 is 9.62 Å². The summed E-state index contributed by atoms with van der Waals surface area (Å²) in [5.41, 5.74) is 1.84. The molecule has 2 atom stereocenters. The number of aryl methyl sites for hydroxylation is 1. The summed E-state index contributed by atoms with van der Waals surface area (Å²) < 4.78 is 29.5. The molecule has 40 heavy (non-hydrogen) atoms. The monoisotopic (exact) mass is 667 g/mol. The van der Waals surface area contributed by atoms with Crippen molar-refractivity contribution in [3.8, 4) is 0 Å². The molecule has 0 bridgehead atoms. The van der Waals surface area contributed by atoms with Crippen LogP contribution in [-0.4, -0.2) is 43.8 Å². The number of sulfonamides is 1. The van der Waals surface area contributed by atoms with Crippen molar-refractivity contribution in [3.63, 3.8) is 0 Å². The van der Waals surface area contributed by atoms with E-state index in [2.05, 4.69) is 21.2 Å². The number of benzene rings is 3. The first-order valence-electron chi connectivity index (χ1n) is 12.7. The zero-order chi connectivity index (χ0) is 29.6. The lowest BCUT2D eigenvalue weighted by Gasteiger charge is -2.32. The maximum absolute atomic E-state index is 14.0. The lowest BCUT2D eigenvalue weighted by molar-refractivity contribution is -0.139. The molecule has 2 unspecified atom stereocenters. The molecular weight excluding hydrogens is 637 g/mol. The molecule has 7 nitrogen and oxygen atoms in total. The molecular formula is C29H32BrCl2N3O4S. The highest BCUT2D eigenvalue weighted by molar-refractivity contribution is 9.10. The van der Waals surface area contributed by atoms with E-state index in [0.717, 1.165) is 9.87 Å². The van der Waals surface area contributed by atoms with Gasteiger partial charge in [0, 0.05) is 17.1 Å². The van der Waals surface area contributed by atoms with Crippen LogP contribution in [0.25, 0.3) is 0 Å². The minimum Gasteiger partial charge on any atom is -0.352 e. The number of carbonyl (C=O) groups is 2. The molecule has 0 saturated heterocycles. The van der Waals surface area contributed by atoms with Crippen LogP contribution in [0.2, 0.25) is 10.0 Å². The molecule has 3 aromatic rings. The molecule has 0 aliphatic rings. The Hall–Kier alpha value is -2.59. The molecule has 0 radical (unpaired) electrons. The normalized spacial score (nSPS) is 12.9. The summed E-state index contributed by atoms with van der Waals surface area (Å²) in [6, 6.07) is 17.1. The Morgan fingerprint density at radius 3 is 2.25 bits per heavy atom. The minimum atomic E-state index is -4.14. The Morgan fingerprint density at radius 2 is 1.65 bits per heavy atom. The summed E-state index contributed by atoms with van der Waals surface area (Å²) in [4.78, 5) is 28.5. The Bertz CT molecular complexity index is 1470. The average Bonchev–Trinajstić information content (AvgIpc) is 2.91. The van der Waals surface area contributed by atoms with E-state index >= 15 is 0 Å². The van der Waals surface area contributed by atoms with Crippen LogP contribution >= 0.6 is 39.1 Å². The van der Waals surface area contributed by atoms with E-state index in [0.29, 0.717) is 32.2 Å². The summed E-state index contributed by atoms with van der Waals surface area (Å²) >= 11 is 15.7. The average molecular weight is 669 g/mol. The number of hydrogen-bond acceptors (Lipinski definition) is 4. The van der Waals surface area contributed by atoms with Crippen LogP contribution in [-0.2, 0) is 26.2 Å². The molecule has 0 aliphatic carbocycles. The first-order chi connectivity index (χ1) is 18.8. The minimum absolute atomic E-state index is 0.0156. The van der Waals surface area contributed by atoms with Gasteiger partial charge in [-0.3, -0.25) is 13.9 Å². The molecule has 3 aromatic carbocycles. The second kappa shape index (κ2) is 13.9. The lowest BCUT2D eigenvalue weighted by Crippen LogP contribution is -2.52. The van der Waals surface area contributed by atoms with Gasteiger partial charge in [0.05, 0.1) is 20.6 Å². The van der Waals surface area contributed by atoms with Crippen molar-refractivity contribution in [2.75, 3.05) is 10.8 Å². The molecule has 1 N–H and O–H groups in total. The van der Waals surface area contributed by atoms with Gasteiger partial charge in [-0.2, -0.15) is 0 Å². The highest BCUT2D eigenvalue weighted by atomic mass is 79.9. The summed E-state index contributed by atoms with van der Waals surface area (Å²) in [5, 5.41) is 3.57. The number of rotatable bonds is 11. The molecule has 0 heterocycles. The molecule has 0 aliphatic heterocycles. The number of amides is 2. The summed E-state index contributed by atoms with van der Waals surface area (Å²) in [5.74, 6) is -0.910. The smallest absolute Gasteiger partial charge is 0.264 e. The van der Waals surface area contributed by atoms with Crippen molar-refractivity contribution in [2.45, 2.75) is 57.6 Å². The van der Waals surface area contributed by atoms with Gasteiger partial charge in [0.1, 0.15) is 12.6 Å². The van der Waals surface area contributed by atoms with E-state index in [9.17, 15) is 18.0 Å². The van der Waals surface area contributed by atoms with Crippen molar-refractivity contribution in [1.82, 2.24) is 10.2 Å². The van der Waals surface area contributed by atoms with Gasteiger partial charge >= 0.3 is 0 Å². The first kappa shape index (κ1) is 31.9. The molecule has 0 saturated carbocycles. The van der Waals surface area contributed by atoms with E-state index in [1.807, 2.05) is 20.8 Å². The number of halogens is 3. The van der Waals surface area contributed by atoms with E-state index in [1.165, 1.54) is 17.0 Å². The maximum atomic E-state index is 14.0. The van der Waals surface area contributed by atoms with Gasteiger partial charge in [0.25, 0.3) is 10.0 Å². The fourth-order valence-corrected chi connectivity index (χ4v) is 5.99. The van der Waals surface area contributed by atoms with Gasteiger partial charge < -0.3 is 10.2 Å². The van der Waals surface area contributed by atoms with Crippen LogP contribution in [0.3, 0.4) is 0 Å². The molecule has 11 heteroatoms. The van der Waals surface area contributed by atoms with E-state index in [4.69, 9.17) is 23.2 Å². The zero-order valence-electron chi connectivity index (χ0n) is 22.7. The Balaban J connectivity index is 2.04. The van der Waals surface area contributed by atoms with Crippen molar-refractivity contribution in [3.05, 3.63) is 92.4 Å². The standard InChI is InChI=1S/C29H32BrCl2N3O4S/c1-5-20(3)33-29(37)21(4)34(17-22-11-14-26(31)27(32)15-22)28(36)18-35(24-8-6-7-23(30)16-24)40(38,39)25-12-9-19(2)10-13-25/h6-16,20-21H,5,17-18H2,1-4H3,(H,33,37). The summed E-state index contributed by atoms with van der Waals surface area (Å²) in [6.07, 6.45) is 0.713. The van der Waals surface area contributed by atoms with Crippen LogP contribution in [0, 0.1) is 6.92 Å². The predicted molar refractivity (Wildman–Crippen MR) is 164 cm³/mol. The number of hydrogen-bond donors (Lipinski definition) is 1. The molecule has 0 spiro atoms. The quantitative estimate of drug-likeness (QED) is 0.250. The third kappa shape index (κ3) is 8.00. The van der Waals surface area contributed by atoms with Gasteiger partial charge in [-0.1, -0.05) is 75.9 Å². The van der Waals surface area contributed by atoms with Gasteiger partial charge in [-0.05, 0) is 75.2 Å². The highest BCUT2D eigenvalue weighted by Gasteiger charge is 2.33. The number of nitrogens with one attached hydrogen (secondary N) is 1. The summed E-state index contributed by atoms with van der Waals surface area (Å²) in [6.45, 7) is 6.78. The highest BCUT2D eigenvalue weighted by Crippen LogP contribution is 2.28. The van der Waals surface area contributed by atoms with Gasteiger partial charge in [-0.25, -0.2) is 8.42 Å². The van der Waals surface area contributed by atoms with Gasteiger partial charge in [-0.15, -0.1) is 0 Å². The Morgan fingerprint density at radius 1 is 0.975 bits per heavy atom. The predicted octanol–water partition coefficient (Wildman–Crippen LogP) is 6.59. The van der Waals surface area contributed by atoms with Crippen LogP contribution in [0.1, 0.15) is 38.3 Å².